The first-order chi connectivity index (χ1) is 13.4. The van der Waals surface area contributed by atoms with Crippen LogP contribution in [-0.4, -0.2) is 36.1 Å². The number of ether oxygens (including phenoxy) is 2. The predicted molar refractivity (Wildman–Crippen MR) is 95.5 cm³/mol. The van der Waals surface area contributed by atoms with E-state index in [0.29, 0.717) is 0 Å². The zero-order valence-corrected chi connectivity index (χ0v) is 14.9. The molecule has 0 unspecified atom stereocenters. The van der Waals surface area contributed by atoms with Gasteiger partial charge in [-0.25, -0.2) is 23.4 Å². The minimum Gasteiger partial charge on any atom is -0.465 e. The number of methoxy groups -OCH3 is 2. The summed E-state index contributed by atoms with van der Waals surface area (Å²) >= 11 is 0. The molecule has 3 rings (SSSR count). The van der Waals surface area contributed by atoms with Gasteiger partial charge in [-0.2, -0.15) is 0 Å². The molecule has 0 spiro atoms. The number of halogens is 2. The quantitative estimate of drug-likeness (QED) is 0.639. The highest BCUT2D eigenvalue weighted by atomic mass is 19.1. The number of hydrogen-bond acceptors (Lipinski definition) is 6. The molecule has 1 aromatic carbocycles. The Morgan fingerprint density at radius 3 is 2.14 bits per heavy atom. The van der Waals surface area contributed by atoms with Crippen LogP contribution in [0, 0.1) is 11.6 Å². The number of esters is 2. The molecule has 0 saturated carbocycles. The van der Waals surface area contributed by atoms with Crippen molar-refractivity contribution < 1.29 is 27.8 Å². The summed E-state index contributed by atoms with van der Waals surface area (Å²) in [5.74, 6) is -2.82. The van der Waals surface area contributed by atoms with Gasteiger partial charge in [-0.1, -0.05) is 0 Å². The number of aromatic nitrogens is 2. The summed E-state index contributed by atoms with van der Waals surface area (Å²) in [5.41, 5.74) is 0.867. The highest BCUT2D eigenvalue weighted by Crippen LogP contribution is 2.27. The third kappa shape index (κ3) is 3.85. The molecule has 142 valence electrons. The molecule has 2 aromatic heterocycles. The van der Waals surface area contributed by atoms with Gasteiger partial charge in [0.25, 0.3) is 0 Å². The van der Waals surface area contributed by atoms with E-state index < -0.39 is 23.6 Å². The standard InChI is InChI=1S/C20H14F2N2O4/c1-27-19(25)11-5-6-23-17(7-11)18-9-12(20(26)28-2)8-16(24-18)14-4-3-13(21)10-15(14)22/h3-10H,1-2H3. The molecule has 0 radical (unpaired) electrons. The van der Waals surface area contributed by atoms with E-state index >= 15 is 0 Å². The van der Waals surface area contributed by atoms with Crippen LogP contribution in [-0.2, 0) is 9.47 Å². The van der Waals surface area contributed by atoms with Gasteiger partial charge in [0.05, 0.1) is 42.4 Å². The number of nitrogens with zero attached hydrogens (tertiary/aromatic N) is 2. The van der Waals surface area contributed by atoms with Crippen molar-refractivity contribution in [2.24, 2.45) is 0 Å². The first-order valence-corrected chi connectivity index (χ1v) is 8.03. The fourth-order valence-corrected chi connectivity index (χ4v) is 2.55. The molecule has 8 heteroatoms. The lowest BCUT2D eigenvalue weighted by atomic mass is 10.1. The van der Waals surface area contributed by atoms with E-state index in [0.717, 1.165) is 12.1 Å². The smallest absolute Gasteiger partial charge is 0.338 e. The molecule has 0 atom stereocenters. The molecule has 0 aliphatic rings. The molecule has 0 fully saturated rings. The van der Waals surface area contributed by atoms with Crippen molar-refractivity contribution in [3.8, 4) is 22.6 Å². The van der Waals surface area contributed by atoms with Crippen molar-refractivity contribution in [3.63, 3.8) is 0 Å². The van der Waals surface area contributed by atoms with Crippen LogP contribution in [0.1, 0.15) is 20.7 Å². The molecule has 0 N–H and O–H groups in total. The molecule has 0 bridgehead atoms. The van der Waals surface area contributed by atoms with Gasteiger partial charge < -0.3 is 9.47 Å². The molecule has 28 heavy (non-hydrogen) atoms. The van der Waals surface area contributed by atoms with Gasteiger partial charge in [-0.3, -0.25) is 4.98 Å². The van der Waals surface area contributed by atoms with E-state index in [1.807, 2.05) is 0 Å². The van der Waals surface area contributed by atoms with Crippen LogP contribution in [0.5, 0.6) is 0 Å². The van der Waals surface area contributed by atoms with Gasteiger partial charge in [0.15, 0.2) is 0 Å². The van der Waals surface area contributed by atoms with Crippen molar-refractivity contribution >= 4 is 11.9 Å². The summed E-state index contributed by atoms with van der Waals surface area (Å²) in [7, 11) is 2.45. The van der Waals surface area contributed by atoms with Crippen molar-refractivity contribution in [3.05, 3.63) is 71.4 Å². The maximum atomic E-state index is 14.2. The van der Waals surface area contributed by atoms with Crippen molar-refractivity contribution in [2.75, 3.05) is 14.2 Å². The van der Waals surface area contributed by atoms with Crippen molar-refractivity contribution in [2.45, 2.75) is 0 Å². The number of carbonyl (C=O) groups excluding carboxylic acids is 2. The van der Waals surface area contributed by atoms with Gasteiger partial charge in [-0.05, 0) is 36.4 Å². The molecule has 0 aliphatic carbocycles. The van der Waals surface area contributed by atoms with E-state index in [2.05, 4.69) is 14.7 Å². The first-order valence-electron chi connectivity index (χ1n) is 8.03. The molecule has 0 amide bonds. The van der Waals surface area contributed by atoms with Crippen LogP contribution in [0.2, 0.25) is 0 Å². The van der Waals surface area contributed by atoms with Crippen LogP contribution in [0.4, 0.5) is 8.78 Å². The number of rotatable bonds is 4. The maximum absolute atomic E-state index is 14.2. The maximum Gasteiger partial charge on any atom is 0.338 e. The van der Waals surface area contributed by atoms with Gasteiger partial charge in [0.2, 0.25) is 0 Å². The van der Waals surface area contributed by atoms with Gasteiger partial charge in [0, 0.05) is 17.8 Å². The Morgan fingerprint density at radius 1 is 0.821 bits per heavy atom. The SMILES string of the molecule is COC(=O)c1ccnc(-c2cc(C(=O)OC)cc(-c3ccc(F)cc3F)n2)c1. The molecular formula is C20H14F2N2O4. The van der Waals surface area contributed by atoms with Crippen molar-refractivity contribution in [1.29, 1.82) is 0 Å². The van der Waals surface area contributed by atoms with Crippen LogP contribution in [0.25, 0.3) is 22.6 Å². The molecule has 2 heterocycles. The third-order valence-electron chi connectivity index (χ3n) is 3.90. The number of pyridine rings is 2. The number of hydrogen-bond donors (Lipinski definition) is 0. The van der Waals surface area contributed by atoms with Crippen LogP contribution >= 0.6 is 0 Å². The van der Waals surface area contributed by atoms with E-state index in [9.17, 15) is 18.4 Å². The van der Waals surface area contributed by atoms with Crippen LogP contribution in [0.15, 0.2) is 48.7 Å². The largest absolute Gasteiger partial charge is 0.465 e. The lowest BCUT2D eigenvalue weighted by molar-refractivity contribution is 0.0591. The van der Waals surface area contributed by atoms with E-state index in [-0.39, 0.29) is 33.8 Å². The van der Waals surface area contributed by atoms with Crippen LogP contribution < -0.4 is 0 Å². The zero-order chi connectivity index (χ0) is 20.3. The minimum atomic E-state index is -0.836. The Bertz CT molecular complexity index is 1070. The lowest BCUT2D eigenvalue weighted by Gasteiger charge is -2.09. The predicted octanol–water partition coefficient (Wildman–Crippen LogP) is 3.66. The monoisotopic (exact) mass is 384 g/mol. The molecular weight excluding hydrogens is 370 g/mol. The Balaban J connectivity index is 2.19. The summed E-state index contributed by atoms with van der Waals surface area (Å²) < 4.78 is 36.9. The summed E-state index contributed by atoms with van der Waals surface area (Å²) in [6.07, 6.45) is 1.38. The van der Waals surface area contributed by atoms with Gasteiger partial charge in [0.1, 0.15) is 11.6 Å². The van der Waals surface area contributed by atoms with Crippen molar-refractivity contribution in [1.82, 2.24) is 9.97 Å². The van der Waals surface area contributed by atoms with Gasteiger partial charge in [-0.15, -0.1) is 0 Å². The summed E-state index contributed by atoms with van der Waals surface area (Å²) in [4.78, 5) is 32.3. The third-order valence-corrected chi connectivity index (χ3v) is 3.90. The van der Waals surface area contributed by atoms with Crippen LogP contribution in [0.3, 0.4) is 0 Å². The zero-order valence-electron chi connectivity index (χ0n) is 14.9. The Kier molecular flexibility index (Phi) is 5.39. The second-order valence-electron chi connectivity index (χ2n) is 5.66. The Hall–Kier alpha value is -3.68. The second-order valence-corrected chi connectivity index (χ2v) is 5.66. The highest BCUT2D eigenvalue weighted by molar-refractivity contribution is 5.93. The summed E-state index contributed by atoms with van der Waals surface area (Å²) in [5, 5.41) is 0. The van der Waals surface area contributed by atoms with E-state index in [4.69, 9.17) is 4.74 Å². The minimum absolute atomic E-state index is 0.00229. The lowest BCUT2D eigenvalue weighted by Crippen LogP contribution is -2.05. The molecule has 6 nitrogen and oxygen atoms in total. The number of benzene rings is 1. The molecule has 3 aromatic rings. The summed E-state index contributed by atoms with van der Waals surface area (Å²) in [6.45, 7) is 0. The molecule has 0 saturated heterocycles. The number of carbonyl (C=O) groups is 2. The Labute approximate surface area is 158 Å². The van der Waals surface area contributed by atoms with E-state index in [1.165, 1.54) is 50.7 Å². The molecule has 0 aliphatic heterocycles. The fourth-order valence-electron chi connectivity index (χ4n) is 2.55. The summed E-state index contributed by atoms with van der Waals surface area (Å²) in [6, 6.07) is 8.64. The topological polar surface area (TPSA) is 78.4 Å². The second kappa shape index (κ2) is 7.91. The fraction of sp³-hybridized carbons (Fsp3) is 0.100. The Morgan fingerprint density at radius 2 is 1.46 bits per heavy atom. The van der Waals surface area contributed by atoms with Gasteiger partial charge >= 0.3 is 11.9 Å². The average Bonchev–Trinajstić information content (AvgIpc) is 2.72. The average molecular weight is 384 g/mol. The van der Waals surface area contributed by atoms with E-state index in [1.54, 1.807) is 0 Å². The first kappa shape index (κ1) is 19.1. The normalized spacial score (nSPS) is 10.4. The highest BCUT2D eigenvalue weighted by Gasteiger charge is 2.17.